The van der Waals surface area contributed by atoms with Crippen LogP contribution in [0.15, 0.2) is 54.6 Å². The van der Waals surface area contributed by atoms with Gasteiger partial charge in [0.15, 0.2) is 0 Å². The van der Waals surface area contributed by atoms with Crippen LogP contribution in [0.5, 0.6) is 0 Å². The van der Waals surface area contributed by atoms with Crippen LogP contribution in [0.2, 0.25) is 0 Å². The van der Waals surface area contributed by atoms with E-state index < -0.39 is 0 Å². The summed E-state index contributed by atoms with van der Waals surface area (Å²) in [5.41, 5.74) is 2.78. The molecule has 1 atom stereocenters. The first kappa shape index (κ1) is 20.1. The molecule has 5 heteroatoms. The van der Waals surface area contributed by atoms with Crippen molar-refractivity contribution in [2.24, 2.45) is 0 Å². The lowest BCUT2D eigenvalue weighted by molar-refractivity contribution is -0.129. The SMILES string of the molecule is CCOC(=O)c1ccc(CCN2C(=O)CC[C@@H]2COCc2ccccc2)cc1. The second-order valence-electron chi connectivity index (χ2n) is 6.95. The van der Waals surface area contributed by atoms with Gasteiger partial charge in [0.1, 0.15) is 0 Å². The minimum atomic E-state index is -0.306. The largest absolute Gasteiger partial charge is 0.462 e. The molecule has 1 aliphatic rings. The van der Waals surface area contributed by atoms with Gasteiger partial charge in [-0.1, -0.05) is 42.5 Å². The molecule has 0 saturated carbocycles. The molecule has 1 saturated heterocycles. The molecule has 2 aromatic carbocycles. The van der Waals surface area contributed by atoms with Crippen LogP contribution < -0.4 is 0 Å². The van der Waals surface area contributed by atoms with Crippen LogP contribution >= 0.6 is 0 Å². The highest BCUT2D eigenvalue weighted by Crippen LogP contribution is 2.20. The Bertz CT molecular complexity index is 773. The summed E-state index contributed by atoms with van der Waals surface area (Å²) in [6, 6.07) is 17.6. The van der Waals surface area contributed by atoms with Gasteiger partial charge in [-0.25, -0.2) is 4.79 Å². The molecule has 28 heavy (non-hydrogen) atoms. The predicted octanol–water partition coefficient (Wildman–Crippen LogP) is 3.61. The minimum absolute atomic E-state index is 0.134. The minimum Gasteiger partial charge on any atom is -0.462 e. The first-order valence-corrected chi connectivity index (χ1v) is 9.84. The molecule has 0 radical (unpaired) electrons. The van der Waals surface area contributed by atoms with Crippen molar-refractivity contribution in [3.05, 3.63) is 71.3 Å². The van der Waals surface area contributed by atoms with Crippen LogP contribution in [0, 0.1) is 0 Å². The Hall–Kier alpha value is -2.66. The Morgan fingerprint density at radius 3 is 2.54 bits per heavy atom. The summed E-state index contributed by atoms with van der Waals surface area (Å²) < 4.78 is 10.9. The first-order valence-electron chi connectivity index (χ1n) is 9.84. The number of hydrogen-bond donors (Lipinski definition) is 0. The van der Waals surface area contributed by atoms with E-state index in [4.69, 9.17) is 9.47 Å². The summed E-state index contributed by atoms with van der Waals surface area (Å²) in [5.74, 6) is -0.115. The molecule has 3 rings (SSSR count). The molecule has 1 aliphatic heterocycles. The molecule has 0 N–H and O–H groups in total. The number of benzene rings is 2. The molecule has 1 fully saturated rings. The van der Waals surface area contributed by atoms with E-state index in [-0.39, 0.29) is 17.9 Å². The molecule has 5 nitrogen and oxygen atoms in total. The number of likely N-dealkylation sites (tertiary alicyclic amines) is 1. The zero-order chi connectivity index (χ0) is 19.8. The van der Waals surface area contributed by atoms with E-state index >= 15 is 0 Å². The van der Waals surface area contributed by atoms with E-state index in [1.807, 2.05) is 47.4 Å². The van der Waals surface area contributed by atoms with Gasteiger partial charge in [0.05, 0.1) is 31.4 Å². The van der Waals surface area contributed by atoms with E-state index in [0.717, 1.165) is 24.0 Å². The molecule has 0 spiro atoms. The number of carbonyl (C=O) groups excluding carboxylic acids is 2. The lowest BCUT2D eigenvalue weighted by Crippen LogP contribution is -2.37. The monoisotopic (exact) mass is 381 g/mol. The molecule has 1 amide bonds. The lowest BCUT2D eigenvalue weighted by Gasteiger charge is -2.25. The zero-order valence-electron chi connectivity index (χ0n) is 16.3. The lowest BCUT2D eigenvalue weighted by atomic mass is 10.1. The van der Waals surface area contributed by atoms with Gasteiger partial charge >= 0.3 is 5.97 Å². The van der Waals surface area contributed by atoms with Gasteiger partial charge in [0.25, 0.3) is 0 Å². The maximum atomic E-state index is 12.3. The fourth-order valence-corrected chi connectivity index (χ4v) is 3.43. The zero-order valence-corrected chi connectivity index (χ0v) is 16.3. The summed E-state index contributed by atoms with van der Waals surface area (Å²) in [7, 11) is 0. The molecular weight excluding hydrogens is 354 g/mol. The number of amides is 1. The van der Waals surface area contributed by atoms with Gasteiger partial charge in [-0.15, -0.1) is 0 Å². The maximum Gasteiger partial charge on any atom is 0.338 e. The van der Waals surface area contributed by atoms with Crippen LogP contribution in [0.1, 0.15) is 41.3 Å². The smallest absolute Gasteiger partial charge is 0.338 e. The summed E-state index contributed by atoms with van der Waals surface area (Å²) in [6.45, 7) is 3.94. The number of esters is 1. The van der Waals surface area contributed by atoms with Crippen molar-refractivity contribution < 1.29 is 19.1 Å². The van der Waals surface area contributed by atoms with E-state index in [0.29, 0.717) is 38.3 Å². The number of carbonyl (C=O) groups is 2. The van der Waals surface area contributed by atoms with E-state index in [9.17, 15) is 9.59 Å². The summed E-state index contributed by atoms with van der Waals surface area (Å²) in [5, 5.41) is 0. The second-order valence-corrected chi connectivity index (χ2v) is 6.95. The van der Waals surface area contributed by atoms with Gasteiger partial charge in [-0.05, 0) is 43.0 Å². The van der Waals surface area contributed by atoms with Crippen molar-refractivity contribution >= 4 is 11.9 Å². The van der Waals surface area contributed by atoms with Gasteiger partial charge in [-0.3, -0.25) is 4.79 Å². The number of ether oxygens (including phenoxy) is 2. The Morgan fingerprint density at radius 1 is 1.07 bits per heavy atom. The van der Waals surface area contributed by atoms with Crippen molar-refractivity contribution in [1.82, 2.24) is 4.90 Å². The third-order valence-corrected chi connectivity index (χ3v) is 4.98. The van der Waals surface area contributed by atoms with Gasteiger partial charge in [0.2, 0.25) is 5.91 Å². The van der Waals surface area contributed by atoms with E-state index in [1.165, 1.54) is 0 Å². The van der Waals surface area contributed by atoms with Crippen molar-refractivity contribution in [3.8, 4) is 0 Å². The van der Waals surface area contributed by atoms with Gasteiger partial charge in [0, 0.05) is 13.0 Å². The number of hydrogen-bond acceptors (Lipinski definition) is 4. The average Bonchev–Trinajstić information content (AvgIpc) is 3.07. The average molecular weight is 381 g/mol. The Labute approximate surface area is 166 Å². The maximum absolute atomic E-state index is 12.3. The fourth-order valence-electron chi connectivity index (χ4n) is 3.43. The van der Waals surface area contributed by atoms with Crippen LogP contribution in [-0.2, 0) is 27.3 Å². The molecule has 2 aromatic rings. The Kier molecular flexibility index (Phi) is 7.20. The highest BCUT2D eigenvalue weighted by Gasteiger charge is 2.30. The Balaban J connectivity index is 1.49. The van der Waals surface area contributed by atoms with Crippen molar-refractivity contribution in [1.29, 1.82) is 0 Å². The van der Waals surface area contributed by atoms with Crippen molar-refractivity contribution in [3.63, 3.8) is 0 Å². The molecule has 1 heterocycles. The molecule has 0 bridgehead atoms. The molecule has 0 aliphatic carbocycles. The second kappa shape index (κ2) is 10.0. The Morgan fingerprint density at radius 2 is 1.82 bits per heavy atom. The highest BCUT2D eigenvalue weighted by atomic mass is 16.5. The van der Waals surface area contributed by atoms with Gasteiger partial charge < -0.3 is 14.4 Å². The van der Waals surface area contributed by atoms with Gasteiger partial charge in [-0.2, -0.15) is 0 Å². The van der Waals surface area contributed by atoms with Crippen molar-refractivity contribution in [2.75, 3.05) is 19.8 Å². The number of nitrogens with zero attached hydrogens (tertiary/aromatic N) is 1. The number of rotatable bonds is 9. The fraction of sp³-hybridized carbons (Fsp3) is 0.391. The van der Waals surface area contributed by atoms with Crippen LogP contribution in [0.3, 0.4) is 0 Å². The molecule has 0 aromatic heterocycles. The quantitative estimate of drug-likeness (QED) is 0.623. The first-order chi connectivity index (χ1) is 13.7. The van der Waals surface area contributed by atoms with Crippen molar-refractivity contribution in [2.45, 2.75) is 38.8 Å². The summed E-state index contributed by atoms with van der Waals surface area (Å²) in [6.07, 6.45) is 2.18. The predicted molar refractivity (Wildman–Crippen MR) is 107 cm³/mol. The third-order valence-electron chi connectivity index (χ3n) is 4.98. The van der Waals surface area contributed by atoms with E-state index in [1.54, 1.807) is 19.1 Å². The standard InChI is InChI=1S/C23H27NO4/c1-2-28-23(26)20-10-8-18(9-11-20)14-15-24-21(12-13-22(24)25)17-27-16-19-6-4-3-5-7-19/h3-11,21H,2,12-17H2,1H3/t21-/m1/s1. The third kappa shape index (κ3) is 5.42. The topological polar surface area (TPSA) is 55.8 Å². The molecule has 148 valence electrons. The van der Waals surface area contributed by atoms with Crippen LogP contribution in [0.4, 0.5) is 0 Å². The normalized spacial score (nSPS) is 16.4. The molecular formula is C23H27NO4. The van der Waals surface area contributed by atoms with Crippen LogP contribution in [-0.4, -0.2) is 42.6 Å². The van der Waals surface area contributed by atoms with Crippen LogP contribution in [0.25, 0.3) is 0 Å². The van der Waals surface area contributed by atoms with E-state index in [2.05, 4.69) is 0 Å². The highest BCUT2D eigenvalue weighted by molar-refractivity contribution is 5.89. The summed E-state index contributed by atoms with van der Waals surface area (Å²) in [4.78, 5) is 25.9. The summed E-state index contributed by atoms with van der Waals surface area (Å²) >= 11 is 0. The molecule has 0 unspecified atom stereocenters.